The standard InChI is InChI=1S/C22H27N2O4P/c25-21(26)14-15-23-22(27)20(17-19-12-5-2-6-13-19)24(29-28)16-8-7-11-18-9-3-1-4-10-18/h1-6,9-10,12-13,20H,7-8,11,14-17H2,(H,23,27)(H,25,26)/t20-/m0/s1. The van der Waals surface area contributed by atoms with E-state index in [1.807, 2.05) is 48.5 Å². The molecule has 0 unspecified atom stereocenters. The van der Waals surface area contributed by atoms with Crippen LogP contribution >= 0.6 is 8.61 Å². The lowest BCUT2D eigenvalue weighted by Gasteiger charge is -2.25. The number of unbranched alkanes of at least 4 members (excludes halogenated alkanes) is 1. The normalized spacial score (nSPS) is 12.0. The molecule has 0 aliphatic heterocycles. The summed E-state index contributed by atoms with van der Waals surface area (Å²) in [4.78, 5) is 23.4. The van der Waals surface area contributed by atoms with Crippen LogP contribution in [-0.2, 0) is 27.0 Å². The third-order valence-electron chi connectivity index (χ3n) is 4.62. The first-order chi connectivity index (χ1) is 14.1. The lowest BCUT2D eigenvalue weighted by molar-refractivity contribution is -0.137. The van der Waals surface area contributed by atoms with Gasteiger partial charge >= 0.3 is 5.97 Å². The topological polar surface area (TPSA) is 86.7 Å². The molecule has 1 atom stereocenters. The van der Waals surface area contributed by atoms with Gasteiger partial charge in [-0.25, -0.2) is 4.67 Å². The monoisotopic (exact) mass is 414 g/mol. The predicted octanol–water partition coefficient (Wildman–Crippen LogP) is 3.72. The summed E-state index contributed by atoms with van der Waals surface area (Å²) in [7, 11) is -0.212. The molecule has 29 heavy (non-hydrogen) atoms. The molecule has 2 aromatic rings. The summed E-state index contributed by atoms with van der Waals surface area (Å²) < 4.78 is 13.5. The quantitative estimate of drug-likeness (QED) is 0.385. The molecule has 2 aromatic carbocycles. The minimum absolute atomic E-state index is 0.0526. The summed E-state index contributed by atoms with van der Waals surface area (Å²) >= 11 is 0. The number of hydrogen-bond acceptors (Lipinski definition) is 3. The molecule has 2 rings (SSSR count). The van der Waals surface area contributed by atoms with E-state index in [1.54, 1.807) is 4.67 Å². The van der Waals surface area contributed by atoms with Crippen LogP contribution < -0.4 is 5.32 Å². The van der Waals surface area contributed by atoms with Crippen molar-refractivity contribution in [2.24, 2.45) is 0 Å². The molecule has 0 aliphatic rings. The Morgan fingerprint density at radius 2 is 1.59 bits per heavy atom. The Balaban J connectivity index is 1.96. The summed E-state index contributed by atoms with van der Waals surface area (Å²) in [6.45, 7) is 0.568. The lowest BCUT2D eigenvalue weighted by Crippen LogP contribution is -2.45. The number of hydrogen-bond donors (Lipinski definition) is 2. The SMILES string of the molecule is O=PN(CCCCc1ccccc1)[C@@H](Cc1ccccc1)C(=O)NCCC(=O)O. The van der Waals surface area contributed by atoms with E-state index in [9.17, 15) is 14.2 Å². The van der Waals surface area contributed by atoms with Gasteiger partial charge in [-0.15, -0.1) is 0 Å². The van der Waals surface area contributed by atoms with Gasteiger partial charge in [-0.1, -0.05) is 60.7 Å². The van der Waals surface area contributed by atoms with Gasteiger partial charge in [0.2, 0.25) is 14.5 Å². The fraction of sp³-hybridized carbons (Fsp3) is 0.364. The van der Waals surface area contributed by atoms with Crippen molar-refractivity contribution < 1.29 is 19.3 Å². The molecular formula is C22H27N2O4P. The third kappa shape index (κ3) is 8.55. The maximum Gasteiger partial charge on any atom is 0.305 e. The Morgan fingerprint density at radius 1 is 0.966 bits per heavy atom. The van der Waals surface area contributed by atoms with Crippen molar-refractivity contribution in [3.8, 4) is 0 Å². The molecule has 0 spiro atoms. The van der Waals surface area contributed by atoms with Crippen LogP contribution in [0.2, 0.25) is 0 Å². The average Bonchev–Trinajstić information content (AvgIpc) is 2.74. The van der Waals surface area contributed by atoms with Crippen LogP contribution in [0.25, 0.3) is 0 Å². The van der Waals surface area contributed by atoms with Gasteiger partial charge in [0, 0.05) is 13.1 Å². The van der Waals surface area contributed by atoms with Crippen LogP contribution in [0.5, 0.6) is 0 Å². The highest BCUT2D eigenvalue weighted by Gasteiger charge is 2.26. The van der Waals surface area contributed by atoms with Gasteiger partial charge in [-0.3, -0.25) is 14.2 Å². The number of nitrogens with zero attached hydrogens (tertiary/aromatic N) is 1. The Kier molecular flexibility index (Phi) is 10.0. The number of amides is 1. The molecular weight excluding hydrogens is 387 g/mol. The zero-order chi connectivity index (χ0) is 20.9. The maximum absolute atomic E-state index is 12.7. The molecule has 6 nitrogen and oxygen atoms in total. The molecule has 1 amide bonds. The van der Waals surface area contributed by atoms with E-state index in [4.69, 9.17) is 5.11 Å². The molecule has 0 radical (unpaired) electrons. The van der Waals surface area contributed by atoms with E-state index in [0.717, 1.165) is 24.8 Å². The van der Waals surface area contributed by atoms with Gasteiger partial charge in [-0.05, 0) is 36.8 Å². The minimum Gasteiger partial charge on any atom is -0.481 e. The van der Waals surface area contributed by atoms with Gasteiger partial charge in [0.1, 0.15) is 6.04 Å². The number of carbonyl (C=O) groups excluding carboxylic acids is 1. The molecule has 0 saturated carbocycles. The molecule has 7 heteroatoms. The summed E-state index contributed by atoms with van der Waals surface area (Å²) in [6, 6.07) is 19.1. The summed E-state index contributed by atoms with van der Waals surface area (Å²) in [5.74, 6) is -1.27. The first kappa shape index (κ1) is 22.7. The number of carbonyl (C=O) groups is 2. The molecule has 154 valence electrons. The second-order valence-electron chi connectivity index (χ2n) is 6.83. The average molecular weight is 414 g/mol. The van der Waals surface area contributed by atoms with Crippen LogP contribution in [0.15, 0.2) is 60.7 Å². The van der Waals surface area contributed by atoms with Crippen molar-refractivity contribution in [3.63, 3.8) is 0 Å². The fourth-order valence-corrected chi connectivity index (χ4v) is 3.61. The Bertz CT molecular complexity index is 771. The van der Waals surface area contributed by atoms with Crippen molar-refractivity contribution >= 4 is 20.5 Å². The van der Waals surface area contributed by atoms with Gasteiger partial charge in [0.15, 0.2) is 0 Å². The molecule has 0 aromatic heterocycles. The van der Waals surface area contributed by atoms with Crippen LogP contribution in [-0.4, -0.2) is 40.8 Å². The van der Waals surface area contributed by atoms with Crippen molar-refractivity contribution in [3.05, 3.63) is 71.8 Å². The number of benzene rings is 2. The molecule has 0 saturated heterocycles. The van der Waals surface area contributed by atoms with Gasteiger partial charge in [-0.2, -0.15) is 0 Å². The first-order valence-electron chi connectivity index (χ1n) is 9.77. The molecule has 0 heterocycles. The number of aryl methyl sites for hydroxylation is 1. The second-order valence-corrected chi connectivity index (χ2v) is 7.50. The maximum atomic E-state index is 12.7. The number of carboxylic acids is 1. The number of rotatable bonds is 13. The van der Waals surface area contributed by atoms with Gasteiger partial charge < -0.3 is 10.4 Å². The Labute approximate surface area is 173 Å². The second kappa shape index (κ2) is 12.8. The Hall–Kier alpha value is -2.56. The zero-order valence-electron chi connectivity index (χ0n) is 16.4. The van der Waals surface area contributed by atoms with Crippen molar-refractivity contribution in [2.75, 3.05) is 13.1 Å². The smallest absolute Gasteiger partial charge is 0.305 e. The van der Waals surface area contributed by atoms with E-state index >= 15 is 0 Å². The molecule has 0 bridgehead atoms. The largest absolute Gasteiger partial charge is 0.481 e. The molecule has 2 N–H and O–H groups in total. The van der Waals surface area contributed by atoms with Crippen molar-refractivity contribution in [1.82, 2.24) is 9.99 Å². The van der Waals surface area contributed by atoms with E-state index < -0.39 is 12.0 Å². The van der Waals surface area contributed by atoms with Crippen molar-refractivity contribution in [2.45, 2.75) is 38.1 Å². The lowest BCUT2D eigenvalue weighted by atomic mass is 10.0. The van der Waals surface area contributed by atoms with E-state index in [2.05, 4.69) is 17.4 Å². The first-order valence-corrected chi connectivity index (χ1v) is 10.5. The number of carboxylic acid groups (broad SMARTS) is 1. The summed E-state index contributed by atoms with van der Waals surface area (Å²) in [5, 5.41) is 11.4. The highest BCUT2D eigenvalue weighted by atomic mass is 31.1. The highest BCUT2D eigenvalue weighted by molar-refractivity contribution is 7.20. The number of aliphatic carboxylic acids is 1. The highest BCUT2D eigenvalue weighted by Crippen LogP contribution is 2.18. The zero-order valence-corrected chi connectivity index (χ0v) is 17.3. The van der Waals surface area contributed by atoms with E-state index in [1.165, 1.54) is 5.56 Å². The minimum atomic E-state index is -0.968. The van der Waals surface area contributed by atoms with Gasteiger partial charge in [0.25, 0.3) is 0 Å². The molecule has 0 fully saturated rings. The van der Waals surface area contributed by atoms with Gasteiger partial charge in [0.05, 0.1) is 6.42 Å². The summed E-state index contributed by atoms with van der Waals surface area (Å²) in [6.07, 6.45) is 2.93. The predicted molar refractivity (Wildman–Crippen MR) is 113 cm³/mol. The molecule has 0 aliphatic carbocycles. The van der Waals surface area contributed by atoms with Crippen LogP contribution in [0, 0.1) is 0 Å². The van der Waals surface area contributed by atoms with Crippen LogP contribution in [0.3, 0.4) is 0 Å². The Morgan fingerprint density at radius 3 is 2.17 bits per heavy atom. The van der Waals surface area contributed by atoms with E-state index in [-0.39, 0.29) is 27.5 Å². The fourth-order valence-electron chi connectivity index (χ4n) is 3.08. The van der Waals surface area contributed by atoms with Crippen LogP contribution in [0.4, 0.5) is 0 Å². The van der Waals surface area contributed by atoms with E-state index in [0.29, 0.717) is 13.0 Å². The number of nitrogens with one attached hydrogen (secondary N) is 1. The van der Waals surface area contributed by atoms with Crippen molar-refractivity contribution in [1.29, 1.82) is 0 Å². The van der Waals surface area contributed by atoms with Crippen LogP contribution in [0.1, 0.15) is 30.4 Å². The third-order valence-corrected chi connectivity index (χ3v) is 5.31. The summed E-state index contributed by atoms with van der Waals surface area (Å²) in [5.41, 5.74) is 2.22.